The Morgan fingerprint density at radius 1 is 1.08 bits per heavy atom. The average molecular weight is 354 g/mol. The Bertz CT molecular complexity index is 1070. The molecule has 0 aliphatic heterocycles. The van der Waals surface area contributed by atoms with E-state index in [0.717, 1.165) is 35.3 Å². The van der Waals surface area contributed by atoms with Crippen molar-refractivity contribution in [1.29, 1.82) is 0 Å². The zero-order valence-electron chi connectivity index (χ0n) is 15.4. The van der Waals surface area contributed by atoms with E-state index in [4.69, 9.17) is 4.74 Å². The molecule has 0 heterocycles. The summed E-state index contributed by atoms with van der Waals surface area (Å²) in [5.74, 6) is 0.526. The number of benzene rings is 2. The molecule has 2 aliphatic rings. The van der Waals surface area contributed by atoms with E-state index >= 15 is 4.39 Å². The van der Waals surface area contributed by atoms with Crippen molar-refractivity contribution in [3.8, 4) is 5.75 Å². The zero-order chi connectivity index (χ0) is 18.3. The fourth-order valence-electron chi connectivity index (χ4n) is 4.33. The van der Waals surface area contributed by atoms with Crippen LogP contribution in [-0.4, -0.2) is 6.61 Å². The first-order valence-corrected chi connectivity index (χ1v) is 9.63. The Labute approximate surface area is 152 Å². The van der Waals surface area contributed by atoms with Gasteiger partial charge >= 0.3 is 0 Å². The highest BCUT2D eigenvalue weighted by Gasteiger charge is 2.20. The van der Waals surface area contributed by atoms with Gasteiger partial charge in [0.25, 0.3) is 0 Å². The molecule has 2 aromatic rings. The van der Waals surface area contributed by atoms with Gasteiger partial charge in [-0.1, -0.05) is 38.0 Å². The lowest BCUT2D eigenvalue weighted by Gasteiger charge is -2.22. The number of hydrogen-bond donors (Lipinski definition) is 0. The van der Waals surface area contributed by atoms with Gasteiger partial charge < -0.3 is 4.74 Å². The second kappa shape index (κ2) is 6.86. The lowest BCUT2D eigenvalue weighted by atomic mass is 9.83. The maximum absolute atomic E-state index is 15.2. The van der Waals surface area contributed by atoms with Gasteiger partial charge in [-0.2, -0.15) is 0 Å². The molecule has 0 saturated carbocycles. The van der Waals surface area contributed by atoms with Crippen molar-refractivity contribution in [3.05, 3.63) is 68.4 Å². The first-order chi connectivity index (χ1) is 12.6. The highest BCUT2D eigenvalue weighted by Crippen LogP contribution is 2.35. The molecule has 0 N–H and O–H groups in total. The summed E-state index contributed by atoms with van der Waals surface area (Å²) in [4.78, 5) is 0. The van der Waals surface area contributed by atoms with Crippen LogP contribution in [0, 0.1) is 38.4 Å². The predicted octanol–water partition coefficient (Wildman–Crippen LogP) is 6.23. The van der Waals surface area contributed by atoms with Crippen LogP contribution in [0.3, 0.4) is 0 Å². The molecular weight excluding hydrogens is 330 g/mol. The molecule has 3 heteroatoms. The monoisotopic (exact) mass is 354 g/mol. The summed E-state index contributed by atoms with van der Waals surface area (Å²) < 4.78 is 35.1. The van der Waals surface area contributed by atoms with E-state index in [-0.39, 0.29) is 5.82 Å². The molecule has 0 amide bonds. The average Bonchev–Trinajstić information content (AvgIpc) is 2.61. The molecule has 4 rings (SSSR count). The quantitative estimate of drug-likeness (QED) is 0.527. The largest absolute Gasteiger partial charge is 0.494 e. The van der Waals surface area contributed by atoms with Crippen molar-refractivity contribution >= 4 is 5.57 Å². The molecule has 0 radical (unpaired) electrons. The Hall–Kier alpha value is -2.16. The molecule has 1 unspecified atom stereocenters. The Morgan fingerprint density at radius 2 is 1.92 bits per heavy atom. The van der Waals surface area contributed by atoms with Crippen molar-refractivity contribution in [3.63, 3.8) is 0 Å². The van der Waals surface area contributed by atoms with Gasteiger partial charge in [0.1, 0.15) is 17.4 Å². The SMILES string of the molecule is CCCC1CC=C(c2ccc3c(c2F)=c2c(F)cc(OCC)cc2=3)CC1. The van der Waals surface area contributed by atoms with Crippen molar-refractivity contribution in [1.82, 2.24) is 0 Å². The molecule has 1 nitrogen and oxygen atoms in total. The van der Waals surface area contributed by atoms with Crippen LogP contribution in [0.25, 0.3) is 5.57 Å². The molecule has 2 aromatic carbocycles. The normalized spacial score (nSPS) is 17.8. The van der Waals surface area contributed by atoms with Crippen LogP contribution >= 0.6 is 0 Å². The van der Waals surface area contributed by atoms with E-state index in [2.05, 4.69) is 13.0 Å². The van der Waals surface area contributed by atoms with E-state index in [1.165, 1.54) is 18.9 Å². The molecule has 0 spiro atoms. The number of halogens is 2. The Morgan fingerprint density at radius 3 is 2.62 bits per heavy atom. The van der Waals surface area contributed by atoms with Gasteiger partial charge in [-0.25, -0.2) is 8.78 Å². The van der Waals surface area contributed by atoms with Crippen LogP contribution in [0.1, 0.15) is 51.5 Å². The number of hydrogen-bond acceptors (Lipinski definition) is 1. The van der Waals surface area contributed by atoms with Gasteiger partial charge in [-0.05, 0) is 54.2 Å². The van der Waals surface area contributed by atoms with E-state index < -0.39 is 5.82 Å². The summed E-state index contributed by atoms with van der Waals surface area (Å²) in [7, 11) is 0. The lowest BCUT2D eigenvalue weighted by molar-refractivity contribution is 0.337. The molecule has 0 fully saturated rings. The minimum absolute atomic E-state index is 0.279. The van der Waals surface area contributed by atoms with Crippen LogP contribution in [0.2, 0.25) is 0 Å². The molecule has 1 atom stereocenters. The van der Waals surface area contributed by atoms with Gasteiger partial charge in [0.15, 0.2) is 0 Å². The van der Waals surface area contributed by atoms with Crippen LogP contribution in [0.5, 0.6) is 5.75 Å². The van der Waals surface area contributed by atoms with Gasteiger partial charge in [-0.3, -0.25) is 0 Å². The molecule has 0 saturated heterocycles. The number of ether oxygens (including phenoxy) is 1. The topological polar surface area (TPSA) is 9.23 Å². The Balaban J connectivity index is 1.79. The fourth-order valence-corrected chi connectivity index (χ4v) is 4.33. The second-order valence-electron chi connectivity index (χ2n) is 7.27. The van der Waals surface area contributed by atoms with Crippen LogP contribution < -0.4 is 4.74 Å². The predicted molar refractivity (Wildman–Crippen MR) is 99.5 cm³/mol. The fraction of sp³-hybridized carbons (Fsp3) is 0.391. The van der Waals surface area contributed by atoms with Crippen LogP contribution in [0.15, 0.2) is 30.3 Å². The van der Waals surface area contributed by atoms with Crippen molar-refractivity contribution in [2.24, 2.45) is 5.92 Å². The van der Waals surface area contributed by atoms with E-state index in [1.807, 2.05) is 19.1 Å². The van der Waals surface area contributed by atoms with Crippen LogP contribution in [0.4, 0.5) is 8.78 Å². The van der Waals surface area contributed by atoms with E-state index in [0.29, 0.717) is 34.3 Å². The highest BCUT2D eigenvalue weighted by molar-refractivity contribution is 5.67. The second-order valence-corrected chi connectivity index (χ2v) is 7.27. The summed E-state index contributed by atoms with van der Waals surface area (Å²) in [6, 6.07) is 6.93. The molecule has 26 heavy (non-hydrogen) atoms. The minimum atomic E-state index is -0.407. The minimum Gasteiger partial charge on any atom is -0.494 e. The summed E-state index contributed by atoms with van der Waals surface area (Å²) in [5.41, 5.74) is 1.70. The zero-order valence-corrected chi connectivity index (χ0v) is 15.4. The Kier molecular flexibility index (Phi) is 4.56. The number of rotatable bonds is 5. The van der Waals surface area contributed by atoms with Crippen molar-refractivity contribution < 1.29 is 13.5 Å². The maximum atomic E-state index is 15.2. The third-order valence-electron chi connectivity index (χ3n) is 5.62. The van der Waals surface area contributed by atoms with Gasteiger partial charge in [0.2, 0.25) is 0 Å². The standard InChI is InChI=1S/C23H24F2O/c1-3-5-14-6-8-15(9-7-14)17-10-11-18-19-12-16(26-4-2)13-20(24)21(19)22(18)23(17)25/h8,10-14H,3-7,9H2,1-2H3. The maximum Gasteiger partial charge on any atom is 0.139 e. The molecule has 136 valence electrons. The molecular formula is C23H24F2O. The summed E-state index contributed by atoms with van der Waals surface area (Å²) >= 11 is 0. The van der Waals surface area contributed by atoms with Gasteiger partial charge in [0, 0.05) is 22.1 Å². The molecule has 2 aliphatic carbocycles. The van der Waals surface area contributed by atoms with Crippen molar-refractivity contribution in [2.45, 2.75) is 46.0 Å². The van der Waals surface area contributed by atoms with Crippen LogP contribution in [-0.2, 0) is 0 Å². The molecule has 0 bridgehead atoms. The smallest absolute Gasteiger partial charge is 0.139 e. The van der Waals surface area contributed by atoms with Gasteiger partial charge in [-0.15, -0.1) is 0 Å². The van der Waals surface area contributed by atoms with Gasteiger partial charge in [0.05, 0.1) is 6.61 Å². The number of fused-ring (bicyclic) bond motifs is 2. The molecule has 0 aromatic heterocycles. The van der Waals surface area contributed by atoms with Crippen molar-refractivity contribution in [2.75, 3.05) is 6.61 Å². The summed E-state index contributed by atoms with van der Waals surface area (Å²) in [6.07, 6.45) is 7.64. The van der Waals surface area contributed by atoms with E-state index in [1.54, 1.807) is 6.07 Å². The first-order valence-electron chi connectivity index (χ1n) is 9.63. The lowest BCUT2D eigenvalue weighted by Crippen LogP contribution is -2.07. The van der Waals surface area contributed by atoms with E-state index in [9.17, 15) is 4.39 Å². The number of allylic oxidation sites excluding steroid dienone is 2. The summed E-state index contributed by atoms with van der Waals surface area (Å²) in [5, 5.41) is 2.34. The first kappa shape index (κ1) is 17.3. The highest BCUT2D eigenvalue weighted by atomic mass is 19.1. The third kappa shape index (κ3) is 2.74. The summed E-state index contributed by atoms with van der Waals surface area (Å²) in [6.45, 7) is 4.55. The third-order valence-corrected chi connectivity index (χ3v) is 5.62.